The largest absolute Gasteiger partial charge is 0.471 e. The van der Waals surface area contributed by atoms with Crippen LogP contribution >= 0.6 is 11.6 Å². The van der Waals surface area contributed by atoms with Crippen LogP contribution in [0.3, 0.4) is 0 Å². The number of carbonyl (C=O) groups is 1. The van der Waals surface area contributed by atoms with E-state index >= 15 is 0 Å². The van der Waals surface area contributed by atoms with E-state index < -0.39 is 6.09 Å². The summed E-state index contributed by atoms with van der Waals surface area (Å²) in [6, 6.07) is 18.4. The zero-order chi connectivity index (χ0) is 21.6. The number of hydrogen-bond acceptors (Lipinski definition) is 7. The van der Waals surface area contributed by atoms with E-state index in [4.69, 9.17) is 21.1 Å². The minimum atomic E-state index is -0.591. The molecule has 31 heavy (non-hydrogen) atoms. The zero-order valence-corrected chi connectivity index (χ0v) is 17.3. The molecule has 0 fully saturated rings. The van der Waals surface area contributed by atoms with Gasteiger partial charge in [-0.05, 0) is 42.0 Å². The van der Waals surface area contributed by atoms with Gasteiger partial charge < -0.3 is 20.1 Å². The molecule has 1 amide bonds. The Morgan fingerprint density at radius 1 is 1.03 bits per heavy atom. The molecule has 0 aliphatic rings. The Balaban J connectivity index is 1.54. The molecular formula is C22H18ClN5O3. The fraction of sp³-hybridized carbons (Fsp3) is 0.0909. The molecule has 0 saturated carbocycles. The Morgan fingerprint density at radius 3 is 2.58 bits per heavy atom. The van der Waals surface area contributed by atoms with E-state index in [1.165, 1.54) is 7.05 Å². The lowest BCUT2D eigenvalue weighted by Crippen LogP contribution is -2.22. The number of hydrogen-bond donors (Lipinski definition) is 2. The molecule has 0 aliphatic heterocycles. The molecule has 4 rings (SSSR count). The van der Waals surface area contributed by atoms with E-state index in [-0.39, 0.29) is 12.5 Å². The summed E-state index contributed by atoms with van der Waals surface area (Å²) in [6.07, 6.45) is 0.950. The third-order valence-electron chi connectivity index (χ3n) is 4.34. The Labute approximate surface area is 183 Å². The first kappa shape index (κ1) is 20.4. The summed E-state index contributed by atoms with van der Waals surface area (Å²) in [4.78, 5) is 15.4. The maximum atomic E-state index is 11.4. The van der Waals surface area contributed by atoms with E-state index in [0.717, 1.165) is 22.0 Å². The maximum Gasteiger partial charge on any atom is 0.413 e. The number of amides is 1. The zero-order valence-electron chi connectivity index (χ0n) is 16.5. The van der Waals surface area contributed by atoms with Crippen molar-refractivity contribution in [3.63, 3.8) is 0 Å². The number of nitrogens with zero attached hydrogens (tertiary/aromatic N) is 3. The molecule has 0 unspecified atom stereocenters. The van der Waals surface area contributed by atoms with Gasteiger partial charge in [0.25, 0.3) is 0 Å². The number of fused-ring (bicyclic) bond motifs is 1. The summed E-state index contributed by atoms with van der Waals surface area (Å²) >= 11 is 5.95. The Bertz CT molecular complexity index is 1220. The normalized spacial score (nSPS) is 10.5. The molecular weight excluding hydrogens is 418 g/mol. The van der Waals surface area contributed by atoms with Gasteiger partial charge in [-0.2, -0.15) is 0 Å². The molecule has 0 aliphatic carbocycles. The Kier molecular flexibility index (Phi) is 6.09. The van der Waals surface area contributed by atoms with Crippen LogP contribution in [-0.2, 0) is 6.61 Å². The molecule has 8 nitrogen and oxygen atoms in total. The number of carbonyl (C=O) groups excluding carboxylic acids is 1. The molecule has 2 aromatic carbocycles. The van der Waals surface area contributed by atoms with Gasteiger partial charge in [0.05, 0.1) is 0 Å². The van der Waals surface area contributed by atoms with Crippen molar-refractivity contribution < 1.29 is 14.3 Å². The van der Waals surface area contributed by atoms with Gasteiger partial charge >= 0.3 is 6.09 Å². The average molecular weight is 436 g/mol. The van der Waals surface area contributed by atoms with Gasteiger partial charge in [-0.1, -0.05) is 29.8 Å². The highest BCUT2D eigenvalue weighted by Crippen LogP contribution is 2.30. The van der Waals surface area contributed by atoms with Crippen LogP contribution in [0.25, 0.3) is 10.8 Å². The maximum absolute atomic E-state index is 11.4. The molecule has 9 heteroatoms. The van der Waals surface area contributed by atoms with Crippen molar-refractivity contribution in [1.82, 2.24) is 20.5 Å². The van der Waals surface area contributed by atoms with Crippen LogP contribution in [0.5, 0.6) is 11.8 Å². The number of nitrogens with one attached hydrogen (secondary N) is 2. The first-order valence-electron chi connectivity index (χ1n) is 9.37. The molecule has 0 spiro atoms. The van der Waals surface area contributed by atoms with E-state index in [1.807, 2.05) is 36.4 Å². The molecule has 2 N–H and O–H groups in total. The van der Waals surface area contributed by atoms with E-state index in [2.05, 4.69) is 25.8 Å². The topological polar surface area (TPSA) is 98.3 Å². The second-order valence-corrected chi connectivity index (χ2v) is 6.90. The summed E-state index contributed by atoms with van der Waals surface area (Å²) in [5.74, 6) is 1.18. The average Bonchev–Trinajstić information content (AvgIpc) is 2.80. The summed E-state index contributed by atoms with van der Waals surface area (Å²) < 4.78 is 11.0. The smallest absolute Gasteiger partial charge is 0.413 e. The molecule has 156 valence electrons. The lowest BCUT2D eigenvalue weighted by atomic mass is 10.2. The molecule has 2 heterocycles. The van der Waals surface area contributed by atoms with Gasteiger partial charge in [0.15, 0.2) is 5.82 Å². The summed E-state index contributed by atoms with van der Waals surface area (Å²) in [7, 11) is 1.48. The highest BCUT2D eigenvalue weighted by Gasteiger charge is 2.11. The van der Waals surface area contributed by atoms with Gasteiger partial charge in [-0.25, -0.2) is 9.78 Å². The van der Waals surface area contributed by atoms with Crippen LogP contribution in [-0.4, -0.2) is 28.3 Å². The van der Waals surface area contributed by atoms with Crippen molar-refractivity contribution in [2.45, 2.75) is 6.61 Å². The summed E-state index contributed by atoms with van der Waals surface area (Å²) in [6.45, 7) is 0.204. The van der Waals surface area contributed by atoms with Crippen LogP contribution < -0.4 is 20.1 Å². The fourth-order valence-corrected chi connectivity index (χ4v) is 2.97. The second-order valence-electron chi connectivity index (χ2n) is 6.46. The van der Waals surface area contributed by atoms with Crippen LogP contribution in [0.2, 0.25) is 5.02 Å². The predicted octanol–water partition coefficient (Wildman–Crippen LogP) is 4.72. The van der Waals surface area contributed by atoms with Gasteiger partial charge in [-0.15, -0.1) is 10.2 Å². The van der Waals surface area contributed by atoms with Crippen molar-refractivity contribution in [2.75, 3.05) is 12.4 Å². The first-order chi connectivity index (χ1) is 15.1. The van der Waals surface area contributed by atoms with Crippen LogP contribution in [0.15, 0.2) is 66.9 Å². The number of ether oxygens (including phenoxy) is 2. The number of halogens is 1. The second kappa shape index (κ2) is 9.27. The van der Waals surface area contributed by atoms with Crippen LogP contribution in [0.1, 0.15) is 5.56 Å². The number of benzene rings is 2. The van der Waals surface area contributed by atoms with Crippen molar-refractivity contribution >= 4 is 40.0 Å². The van der Waals surface area contributed by atoms with E-state index in [0.29, 0.717) is 16.7 Å². The lowest BCUT2D eigenvalue weighted by molar-refractivity contribution is 0.201. The Hall–Kier alpha value is -3.91. The van der Waals surface area contributed by atoms with Gasteiger partial charge in [-0.3, -0.25) is 0 Å². The third-order valence-corrected chi connectivity index (χ3v) is 4.59. The molecule has 0 radical (unpaired) electrons. The quantitative estimate of drug-likeness (QED) is 0.452. The van der Waals surface area contributed by atoms with Crippen molar-refractivity contribution in [1.29, 1.82) is 0 Å². The predicted molar refractivity (Wildman–Crippen MR) is 118 cm³/mol. The lowest BCUT2D eigenvalue weighted by Gasteiger charge is -2.12. The first-order valence-corrected chi connectivity index (χ1v) is 9.75. The van der Waals surface area contributed by atoms with E-state index in [1.54, 1.807) is 30.5 Å². The Morgan fingerprint density at radius 2 is 1.81 bits per heavy atom. The van der Waals surface area contributed by atoms with Gasteiger partial charge in [0.2, 0.25) is 11.8 Å². The van der Waals surface area contributed by atoms with Crippen molar-refractivity contribution in [3.05, 3.63) is 77.4 Å². The standard InChI is InChI=1S/C22H18ClN5O3/c1-24-22(29)31-19-12-14(10-11-25-19)13-30-21-18-5-3-2-4-17(18)20(27-28-21)26-16-8-6-15(23)7-9-16/h2-12H,13H2,1H3,(H,24,29)(H,26,27). The van der Waals surface area contributed by atoms with Crippen molar-refractivity contribution in [2.24, 2.45) is 0 Å². The van der Waals surface area contributed by atoms with Crippen molar-refractivity contribution in [3.8, 4) is 11.8 Å². The number of pyridine rings is 1. The molecule has 0 saturated heterocycles. The van der Waals surface area contributed by atoms with Crippen LogP contribution in [0, 0.1) is 0 Å². The highest BCUT2D eigenvalue weighted by atomic mass is 35.5. The molecule has 0 bridgehead atoms. The summed E-state index contributed by atoms with van der Waals surface area (Å²) in [5.41, 5.74) is 1.61. The van der Waals surface area contributed by atoms with Gasteiger partial charge in [0, 0.05) is 40.8 Å². The third kappa shape index (κ3) is 4.99. The minimum absolute atomic E-state index is 0.180. The van der Waals surface area contributed by atoms with E-state index in [9.17, 15) is 4.79 Å². The number of rotatable bonds is 6. The monoisotopic (exact) mass is 435 g/mol. The molecule has 4 aromatic rings. The summed E-state index contributed by atoms with van der Waals surface area (Å²) in [5, 5.41) is 16.5. The SMILES string of the molecule is CNC(=O)Oc1cc(COc2nnc(Nc3ccc(Cl)cc3)c3ccccc23)ccn1. The van der Waals surface area contributed by atoms with Crippen LogP contribution in [0.4, 0.5) is 16.3 Å². The highest BCUT2D eigenvalue weighted by molar-refractivity contribution is 6.30. The molecule has 0 atom stereocenters. The minimum Gasteiger partial charge on any atom is -0.471 e. The fourth-order valence-electron chi connectivity index (χ4n) is 2.84. The molecule has 2 aromatic heterocycles. The van der Waals surface area contributed by atoms with Gasteiger partial charge in [0.1, 0.15) is 6.61 Å². The number of anilines is 2. The number of aromatic nitrogens is 3.